The van der Waals surface area contributed by atoms with Crippen LogP contribution in [0.3, 0.4) is 0 Å². The Morgan fingerprint density at radius 3 is 3.06 bits per heavy atom. The number of piperidine rings is 1. The topological polar surface area (TPSA) is 34.1 Å². The summed E-state index contributed by atoms with van der Waals surface area (Å²) in [6, 6.07) is 8.67. The average molecular weight is 242 g/mol. The first kappa shape index (κ1) is 11.5. The van der Waals surface area contributed by atoms with E-state index in [9.17, 15) is 0 Å². The second-order valence-corrected chi connectivity index (χ2v) is 4.84. The number of aromatic nitrogens is 1. The van der Waals surface area contributed by atoms with Gasteiger partial charge in [0, 0.05) is 18.1 Å². The van der Waals surface area contributed by atoms with E-state index in [1.807, 2.05) is 6.20 Å². The third-order valence-electron chi connectivity index (χ3n) is 3.71. The van der Waals surface area contributed by atoms with Crippen LogP contribution in [0.5, 0.6) is 5.88 Å². The van der Waals surface area contributed by atoms with Gasteiger partial charge < -0.3 is 10.1 Å². The van der Waals surface area contributed by atoms with Gasteiger partial charge in [-0.15, -0.1) is 0 Å². The predicted octanol–water partition coefficient (Wildman–Crippen LogP) is 2.71. The molecule has 1 saturated heterocycles. The van der Waals surface area contributed by atoms with Gasteiger partial charge in [-0.2, -0.15) is 0 Å². The van der Waals surface area contributed by atoms with Crippen molar-refractivity contribution in [3.8, 4) is 5.88 Å². The molecule has 1 aromatic heterocycles. The van der Waals surface area contributed by atoms with Crippen molar-refractivity contribution in [3.63, 3.8) is 0 Å². The van der Waals surface area contributed by atoms with Crippen LogP contribution >= 0.6 is 0 Å². The lowest BCUT2D eigenvalue weighted by molar-refractivity contribution is 0.403. The van der Waals surface area contributed by atoms with Crippen LogP contribution < -0.4 is 10.1 Å². The molecule has 2 heterocycles. The van der Waals surface area contributed by atoms with Crippen LogP contribution in [-0.4, -0.2) is 25.2 Å². The number of fused-ring (bicyclic) bond motifs is 1. The van der Waals surface area contributed by atoms with E-state index in [0.717, 1.165) is 18.5 Å². The van der Waals surface area contributed by atoms with Gasteiger partial charge in [-0.05, 0) is 48.4 Å². The van der Waals surface area contributed by atoms with Crippen molar-refractivity contribution in [3.05, 3.63) is 36.0 Å². The number of rotatable bonds is 2. The standard InChI is InChI=1S/C15H18N2O/c1-18-15-14-5-4-11(9-12(14)6-8-17-15)13-3-2-7-16-10-13/h4-6,8-9,13,16H,2-3,7,10H2,1H3. The van der Waals surface area contributed by atoms with E-state index in [-0.39, 0.29) is 0 Å². The van der Waals surface area contributed by atoms with Crippen LogP contribution in [-0.2, 0) is 0 Å². The van der Waals surface area contributed by atoms with E-state index in [2.05, 4.69) is 34.6 Å². The Bertz CT molecular complexity index is 547. The normalized spacial score (nSPS) is 19.9. The number of ether oxygens (including phenoxy) is 1. The number of nitrogens with one attached hydrogen (secondary N) is 1. The van der Waals surface area contributed by atoms with Crippen molar-refractivity contribution >= 4 is 10.8 Å². The highest BCUT2D eigenvalue weighted by molar-refractivity contribution is 5.87. The van der Waals surface area contributed by atoms with Crippen molar-refractivity contribution < 1.29 is 4.74 Å². The van der Waals surface area contributed by atoms with Gasteiger partial charge in [0.2, 0.25) is 5.88 Å². The molecular formula is C15H18N2O. The Kier molecular flexibility index (Phi) is 3.15. The van der Waals surface area contributed by atoms with Gasteiger partial charge in [0.25, 0.3) is 0 Å². The summed E-state index contributed by atoms with van der Waals surface area (Å²) < 4.78 is 5.29. The molecular weight excluding hydrogens is 224 g/mol. The fraction of sp³-hybridized carbons (Fsp3) is 0.400. The fourth-order valence-corrected chi connectivity index (χ4v) is 2.72. The number of nitrogens with zero attached hydrogens (tertiary/aromatic N) is 1. The molecule has 1 N–H and O–H groups in total. The predicted molar refractivity (Wildman–Crippen MR) is 73.1 cm³/mol. The monoisotopic (exact) mass is 242 g/mol. The van der Waals surface area contributed by atoms with Gasteiger partial charge in [-0.1, -0.05) is 12.1 Å². The van der Waals surface area contributed by atoms with Crippen LogP contribution in [0.15, 0.2) is 30.5 Å². The molecule has 1 atom stereocenters. The third kappa shape index (κ3) is 2.06. The second-order valence-electron chi connectivity index (χ2n) is 4.84. The van der Waals surface area contributed by atoms with Gasteiger partial charge in [0.1, 0.15) is 0 Å². The van der Waals surface area contributed by atoms with Gasteiger partial charge in [-0.25, -0.2) is 4.98 Å². The van der Waals surface area contributed by atoms with Crippen LogP contribution in [0.1, 0.15) is 24.3 Å². The molecule has 1 aliphatic rings. The SMILES string of the molecule is COc1nccc2cc(C3CCCNC3)ccc12. The molecule has 0 spiro atoms. The Balaban J connectivity index is 2.00. The molecule has 3 nitrogen and oxygen atoms in total. The summed E-state index contributed by atoms with van der Waals surface area (Å²) in [7, 11) is 1.67. The molecule has 3 rings (SSSR count). The zero-order chi connectivity index (χ0) is 12.4. The van der Waals surface area contributed by atoms with Crippen LogP contribution in [0.25, 0.3) is 10.8 Å². The number of benzene rings is 1. The molecule has 94 valence electrons. The smallest absolute Gasteiger partial charge is 0.221 e. The van der Waals surface area contributed by atoms with Gasteiger partial charge in [0.15, 0.2) is 0 Å². The van der Waals surface area contributed by atoms with Gasteiger partial charge in [0.05, 0.1) is 7.11 Å². The van der Waals surface area contributed by atoms with Crippen molar-refractivity contribution in [1.29, 1.82) is 0 Å². The quantitative estimate of drug-likeness (QED) is 0.879. The van der Waals surface area contributed by atoms with E-state index >= 15 is 0 Å². The third-order valence-corrected chi connectivity index (χ3v) is 3.71. The Hall–Kier alpha value is -1.61. The number of hydrogen-bond acceptors (Lipinski definition) is 3. The summed E-state index contributed by atoms with van der Waals surface area (Å²) in [5.41, 5.74) is 1.42. The summed E-state index contributed by atoms with van der Waals surface area (Å²) in [4.78, 5) is 4.23. The Morgan fingerprint density at radius 2 is 2.28 bits per heavy atom. The molecule has 18 heavy (non-hydrogen) atoms. The highest BCUT2D eigenvalue weighted by atomic mass is 16.5. The molecule has 1 unspecified atom stereocenters. The largest absolute Gasteiger partial charge is 0.481 e. The summed E-state index contributed by atoms with van der Waals surface area (Å²) >= 11 is 0. The van der Waals surface area contributed by atoms with Crippen molar-refractivity contribution in [2.45, 2.75) is 18.8 Å². The van der Waals surface area contributed by atoms with Crippen molar-refractivity contribution in [2.75, 3.05) is 20.2 Å². The minimum absolute atomic E-state index is 0.641. The molecule has 0 saturated carbocycles. The minimum atomic E-state index is 0.641. The van der Waals surface area contributed by atoms with E-state index in [1.165, 1.54) is 23.8 Å². The van der Waals surface area contributed by atoms with E-state index in [0.29, 0.717) is 11.8 Å². The van der Waals surface area contributed by atoms with Crippen LogP contribution in [0.4, 0.5) is 0 Å². The first-order chi connectivity index (χ1) is 8.88. The molecule has 3 heteroatoms. The average Bonchev–Trinajstić information content (AvgIpc) is 2.47. The molecule has 1 fully saturated rings. The molecule has 0 bridgehead atoms. The molecule has 0 amide bonds. The Labute approximate surface area is 107 Å². The van der Waals surface area contributed by atoms with Gasteiger partial charge >= 0.3 is 0 Å². The second kappa shape index (κ2) is 4.94. The van der Waals surface area contributed by atoms with Crippen molar-refractivity contribution in [1.82, 2.24) is 10.3 Å². The molecule has 0 radical (unpaired) electrons. The summed E-state index contributed by atoms with van der Waals surface area (Å²) in [6.07, 6.45) is 4.35. The number of hydrogen-bond donors (Lipinski definition) is 1. The highest BCUT2D eigenvalue weighted by Gasteiger charge is 2.15. The molecule has 2 aromatic rings. The maximum atomic E-state index is 5.29. The maximum Gasteiger partial charge on any atom is 0.221 e. The summed E-state index contributed by atoms with van der Waals surface area (Å²) in [6.45, 7) is 2.25. The lowest BCUT2D eigenvalue weighted by atomic mass is 9.90. The maximum absolute atomic E-state index is 5.29. The number of methoxy groups -OCH3 is 1. The van der Waals surface area contributed by atoms with E-state index in [1.54, 1.807) is 7.11 Å². The van der Waals surface area contributed by atoms with Gasteiger partial charge in [-0.3, -0.25) is 0 Å². The first-order valence-electron chi connectivity index (χ1n) is 6.52. The van der Waals surface area contributed by atoms with Crippen LogP contribution in [0.2, 0.25) is 0 Å². The molecule has 1 aromatic carbocycles. The lowest BCUT2D eigenvalue weighted by Gasteiger charge is -2.23. The first-order valence-corrected chi connectivity index (χ1v) is 6.52. The number of pyridine rings is 1. The zero-order valence-corrected chi connectivity index (χ0v) is 10.6. The van der Waals surface area contributed by atoms with E-state index < -0.39 is 0 Å². The molecule has 1 aliphatic heterocycles. The summed E-state index contributed by atoms with van der Waals surface area (Å²) in [5.74, 6) is 1.35. The Morgan fingerprint density at radius 1 is 1.33 bits per heavy atom. The van der Waals surface area contributed by atoms with Crippen molar-refractivity contribution in [2.24, 2.45) is 0 Å². The van der Waals surface area contributed by atoms with E-state index in [4.69, 9.17) is 4.74 Å². The highest BCUT2D eigenvalue weighted by Crippen LogP contribution is 2.29. The summed E-state index contributed by atoms with van der Waals surface area (Å²) in [5, 5.41) is 5.77. The molecule has 0 aliphatic carbocycles. The zero-order valence-electron chi connectivity index (χ0n) is 10.6. The minimum Gasteiger partial charge on any atom is -0.481 e. The lowest BCUT2D eigenvalue weighted by Crippen LogP contribution is -2.28. The fourth-order valence-electron chi connectivity index (χ4n) is 2.72. The van der Waals surface area contributed by atoms with Crippen LogP contribution in [0, 0.1) is 0 Å².